The SMILES string of the molecule is CN(C1CCCNCC1)S(=O)(=O)c1cccc(C#N)c1. The molecule has 20 heavy (non-hydrogen) atoms. The summed E-state index contributed by atoms with van der Waals surface area (Å²) in [4.78, 5) is 0.191. The molecule has 0 spiro atoms. The maximum absolute atomic E-state index is 12.6. The van der Waals surface area contributed by atoms with Crippen molar-refractivity contribution in [2.75, 3.05) is 20.1 Å². The second kappa shape index (κ2) is 6.35. The molecule has 0 aliphatic carbocycles. The molecule has 1 aliphatic heterocycles. The molecular formula is C14H19N3O2S. The molecular weight excluding hydrogens is 274 g/mol. The number of nitrogens with one attached hydrogen (secondary N) is 1. The van der Waals surface area contributed by atoms with E-state index < -0.39 is 10.0 Å². The lowest BCUT2D eigenvalue weighted by Gasteiger charge is -2.26. The average molecular weight is 293 g/mol. The maximum Gasteiger partial charge on any atom is 0.243 e. The molecule has 1 heterocycles. The molecule has 1 atom stereocenters. The minimum Gasteiger partial charge on any atom is -0.317 e. The number of benzene rings is 1. The van der Waals surface area contributed by atoms with Crippen molar-refractivity contribution >= 4 is 10.0 Å². The molecule has 1 aromatic carbocycles. The topological polar surface area (TPSA) is 73.2 Å². The summed E-state index contributed by atoms with van der Waals surface area (Å²) in [5.74, 6) is 0. The van der Waals surface area contributed by atoms with Gasteiger partial charge in [-0.3, -0.25) is 0 Å². The van der Waals surface area contributed by atoms with E-state index in [1.165, 1.54) is 10.4 Å². The third-order valence-electron chi connectivity index (χ3n) is 3.70. The van der Waals surface area contributed by atoms with Crippen molar-refractivity contribution in [3.05, 3.63) is 29.8 Å². The van der Waals surface area contributed by atoms with Crippen LogP contribution in [0.15, 0.2) is 29.2 Å². The lowest BCUT2D eigenvalue weighted by molar-refractivity contribution is 0.341. The zero-order valence-corrected chi connectivity index (χ0v) is 12.4. The van der Waals surface area contributed by atoms with E-state index >= 15 is 0 Å². The number of sulfonamides is 1. The molecule has 108 valence electrons. The molecule has 5 nitrogen and oxygen atoms in total. The molecule has 2 rings (SSSR count). The smallest absolute Gasteiger partial charge is 0.243 e. The average Bonchev–Trinajstić information content (AvgIpc) is 2.75. The van der Waals surface area contributed by atoms with Gasteiger partial charge in [0.15, 0.2) is 0 Å². The fraction of sp³-hybridized carbons (Fsp3) is 0.500. The van der Waals surface area contributed by atoms with Gasteiger partial charge < -0.3 is 5.32 Å². The van der Waals surface area contributed by atoms with Gasteiger partial charge in [0.05, 0.1) is 16.5 Å². The highest BCUT2D eigenvalue weighted by Gasteiger charge is 2.28. The highest BCUT2D eigenvalue weighted by Crippen LogP contribution is 2.21. The van der Waals surface area contributed by atoms with Crippen LogP contribution in [-0.4, -0.2) is 38.9 Å². The second-order valence-electron chi connectivity index (χ2n) is 5.00. The van der Waals surface area contributed by atoms with E-state index in [1.807, 2.05) is 6.07 Å². The molecule has 0 amide bonds. The molecule has 1 aromatic rings. The van der Waals surface area contributed by atoms with Crippen LogP contribution >= 0.6 is 0 Å². The minimum atomic E-state index is -3.53. The first kappa shape index (κ1) is 15.0. The number of nitrogens with zero attached hydrogens (tertiary/aromatic N) is 2. The Kier molecular flexibility index (Phi) is 4.76. The van der Waals surface area contributed by atoms with E-state index in [0.717, 1.165) is 32.4 Å². The first-order chi connectivity index (χ1) is 9.55. The predicted octanol–water partition coefficient (Wildman–Crippen LogP) is 1.32. The zero-order valence-electron chi connectivity index (χ0n) is 11.5. The van der Waals surface area contributed by atoms with Crippen LogP contribution in [0.5, 0.6) is 0 Å². The third kappa shape index (κ3) is 3.18. The van der Waals surface area contributed by atoms with Gasteiger partial charge >= 0.3 is 0 Å². The van der Waals surface area contributed by atoms with Gasteiger partial charge in [-0.25, -0.2) is 8.42 Å². The molecule has 0 radical (unpaired) electrons. The Morgan fingerprint density at radius 1 is 1.35 bits per heavy atom. The van der Waals surface area contributed by atoms with Gasteiger partial charge in [-0.2, -0.15) is 9.57 Å². The number of rotatable bonds is 3. The van der Waals surface area contributed by atoms with Crippen LogP contribution in [0, 0.1) is 11.3 Å². The quantitative estimate of drug-likeness (QED) is 0.912. The molecule has 1 unspecified atom stereocenters. The highest BCUT2D eigenvalue weighted by atomic mass is 32.2. The second-order valence-corrected chi connectivity index (χ2v) is 6.99. The van der Waals surface area contributed by atoms with Crippen molar-refractivity contribution in [2.45, 2.75) is 30.2 Å². The van der Waals surface area contributed by atoms with Crippen LogP contribution in [0.25, 0.3) is 0 Å². The van der Waals surface area contributed by atoms with Crippen LogP contribution in [-0.2, 0) is 10.0 Å². The minimum absolute atomic E-state index is 0.0146. The van der Waals surface area contributed by atoms with E-state index in [2.05, 4.69) is 5.32 Å². The fourth-order valence-corrected chi connectivity index (χ4v) is 3.92. The molecule has 1 aliphatic rings. The fourth-order valence-electron chi connectivity index (χ4n) is 2.45. The Hall–Kier alpha value is -1.42. The van der Waals surface area contributed by atoms with Crippen molar-refractivity contribution in [1.82, 2.24) is 9.62 Å². The lowest BCUT2D eigenvalue weighted by atomic mass is 10.1. The van der Waals surface area contributed by atoms with Crippen LogP contribution in [0.4, 0.5) is 0 Å². The van der Waals surface area contributed by atoms with Gasteiger partial charge in [0.2, 0.25) is 10.0 Å². The predicted molar refractivity (Wildman–Crippen MR) is 76.6 cm³/mol. The van der Waals surface area contributed by atoms with Crippen molar-refractivity contribution in [3.63, 3.8) is 0 Å². The number of hydrogen-bond acceptors (Lipinski definition) is 4. The molecule has 1 N–H and O–H groups in total. The lowest BCUT2D eigenvalue weighted by Crippen LogP contribution is -2.37. The molecule has 1 saturated heterocycles. The summed E-state index contributed by atoms with van der Waals surface area (Å²) >= 11 is 0. The summed E-state index contributed by atoms with van der Waals surface area (Å²) in [7, 11) is -1.90. The molecule has 0 bridgehead atoms. The summed E-state index contributed by atoms with van der Waals surface area (Å²) < 4.78 is 26.7. The largest absolute Gasteiger partial charge is 0.317 e. The van der Waals surface area contributed by atoms with E-state index in [9.17, 15) is 8.42 Å². The van der Waals surface area contributed by atoms with E-state index in [0.29, 0.717) is 5.56 Å². The van der Waals surface area contributed by atoms with Crippen LogP contribution in [0.3, 0.4) is 0 Å². The van der Waals surface area contributed by atoms with Gasteiger partial charge in [0.1, 0.15) is 0 Å². The van der Waals surface area contributed by atoms with Gasteiger partial charge in [0, 0.05) is 13.1 Å². The molecule has 6 heteroatoms. The number of hydrogen-bond donors (Lipinski definition) is 1. The monoisotopic (exact) mass is 293 g/mol. The summed E-state index contributed by atoms with van der Waals surface area (Å²) in [5.41, 5.74) is 0.363. The number of nitriles is 1. The molecule has 1 fully saturated rings. The highest BCUT2D eigenvalue weighted by molar-refractivity contribution is 7.89. The standard InChI is InChI=1S/C14H19N3O2S/c1-17(13-5-3-8-16-9-7-13)20(18,19)14-6-2-4-12(10-14)11-15/h2,4,6,10,13,16H,3,5,7-9H2,1H3. The summed E-state index contributed by atoms with van der Waals surface area (Å²) in [6.07, 6.45) is 2.65. The van der Waals surface area contributed by atoms with Crippen LogP contribution < -0.4 is 5.32 Å². The first-order valence-electron chi connectivity index (χ1n) is 6.74. The Morgan fingerprint density at radius 3 is 2.90 bits per heavy atom. The Balaban J connectivity index is 2.26. The van der Waals surface area contributed by atoms with E-state index in [-0.39, 0.29) is 10.9 Å². The maximum atomic E-state index is 12.6. The van der Waals surface area contributed by atoms with E-state index in [4.69, 9.17) is 5.26 Å². The van der Waals surface area contributed by atoms with E-state index in [1.54, 1.807) is 25.2 Å². The Morgan fingerprint density at radius 2 is 2.15 bits per heavy atom. The zero-order chi connectivity index (χ0) is 14.6. The van der Waals surface area contributed by atoms with Gasteiger partial charge in [-0.1, -0.05) is 6.07 Å². The molecule has 0 aromatic heterocycles. The Labute approximate surface area is 120 Å². The van der Waals surface area contributed by atoms with Gasteiger partial charge in [-0.15, -0.1) is 0 Å². The summed E-state index contributed by atoms with van der Waals surface area (Å²) in [5, 5.41) is 12.2. The summed E-state index contributed by atoms with van der Waals surface area (Å²) in [6.45, 7) is 1.77. The normalized spacial score (nSPS) is 20.4. The van der Waals surface area contributed by atoms with Crippen LogP contribution in [0.2, 0.25) is 0 Å². The first-order valence-corrected chi connectivity index (χ1v) is 8.18. The van der Waals surface area contributed by atoms with Crippen LogP contribution in [0.1, 0.15) is 24.8 Å². The van der Waals surface area contributed by atoms with Crippen molar-refractivity contribution in [1.29, 1.82) is 5.26 Å². The molecule has 0 saturated carbocycles. The van der Waals surface area contributed by atoms with Crippen molar-refractivity contribution in [2.24, 2.45) is 0 Å². The van der Waals surface area contributed by atoms with Gasteiger partial charge in [-0.05, 0) is 50.6 Å². The van der Waals surface area contributed by atoms with Crippen molar-refractivity contribution < 1.29 is 8.42 Å². The third-order valence-corrected chi connectivity index (χ3v) is 5.61. The van der Waals surface area contributed by atoms with Crippen molar-refractivity contribution in [3.8, 4) is 6.07 Å². The van der Waals surface area contributed by atoms with Gasteiger partial charge in [0.25, 0.3) is 0 Å². The Bertz CT molecular complexity index is 599. The summed E-state index contributed by atoms with van der Waals surface area (Å²) in [6, 6.07) is 8.17.